The number of hydrogen-bond acceptors (Lipinski definition) is 3. The van der Waals surface area contributed by atoms with E-state index < -0.39 is 4.92 Å². The van der Waals surface area contributed by atoms with Crippen molar-refractivity contribution in [2.45, 2.75) is 13.3 Å². The third kappa shape index (κ3) is 2.77. The Morgan fingerprint density at radius 1 is 1.21 bits per heavy atom. The number of carbonyl (C=O) groups is 1. The van der Waals surface area contributed by atoms with Crippen LogP contribution in [-0.2, 0) is 0 Å². The first-order valence-corrected chi connectivity index (χ1v) is 7.96. The molecule has 0 amide bonds. The summed E-state index contributed by atoms with van der Waals surface area (Å²) >= 11 is 12.3. The summed E-state index contributed by atoms with van der Waals surface area (Å²) in [7, 11) is 0. The molecule has 0 unspecified atom stereocenters. The van der Waals surface area contributed by atoms with E-state index in [1.807, 2.05) is 0 Å². The highest BCUT2D eigenvalue weighted by Gasteiger charge is 2.18. The van der Waals surface area contributed by atoms with E-state index in [9.17, 15) is 14.9 Å². The average molecular weight is 363 g/mol. The topological polar surface area (TPSA) is 65.1 Å². The zero-order chi connectivity index (χ0) is 17.4. The Morgan fingerprint density at radius 3 is 2.58 bits per heavy atom. The fourth-order valence-electron chi connectivity index (χ4n) is 2.62. The molecule has 0 aliphatic rings. The second kappa shape index (κ2) is 6.26. The summed E-state index contributed by atoms with van der Waals surface area (Å²) in [6.45, 7) is 1.79. The maximum atomic E-state index is 12.2. The van der Waals surface area contributed by atoms with Crippen LogP contribution in [0.4, 0.5) is 5.69 Å². The molecule has 1 heterocycles. The monoisotopic (exact) mass is 362 g/mol. The van der Waals surface area contributed by atoms with Crippen LogP contribution in [0.5, 0.6) is 0 Å². The van der Waals surface area contributed by atoms with Crippen LogP contribution < -0.4 is 0 Å². The van der Waals surface area contributed by atoms with Gasteiger partial charge in [0.25, 0.3) is 5.69 Å². The molecule has 1 aromatic heterocycles. The highest BCUT2D eigenvalue weighted by molar-refractivity contribution is 6.33. The molecule has 0 saturated carbocycles. The van der Waals surface area contributed by atoms with E-state index in [-0.39, 0.29) is 16.5 Å². The molecule has 5 nitrogen and oxygen atoms in total. The van der Waals surface area contributed by atoms with Crippen molar-refractivity contribution in [1.29, 1.82) is 0 Å². The fraction of sp³-hybridized carbons (Fsp3) is 0.118. The lowest BCUT2D eigenvalue weighted by Gasteiger charge is -2.07. The number of ketones is 1. The number of benzene rings is 2. The molecular formula is C17H12Cl2N2O3. The average Bonchev–Trinajstić information content (AvgIpc) is 2.92. The van der Waals surface area contributed by atoms with Gasteiger partial charge in [0, 0.05) is 40.7 Å². The molecule has 7 heteroatoms. The highest BCUT2D eigenvalue weighted by Crippen LogP contribution is 2.32. The van der Waals surface area contributed by atoms with Gasteiger partial charge >= 0.3 is 0 Å². The summed E-state index contributed by atoms with van der Waals surface area (Å²) in [6.07, 6.45) is 2.07. The predicted octanol–water partition coefficient (Wildman–Crippen LogP) is 5.44. The smallest absolute Gasteiger partial charge is 0.271 e. The molecule has 0 aliphatic carbocycles. The summed E-state index contributed by atoms with van der Waals surface area (Å²) in [5.41, 5.74) is 1.74. The minimum atomic E-state index is -0.508. The van der Waals surface area contributed by atoms with Crippen molar-refractivity contribution in [3.8, 4) is 5.69 Å². The van der Waals surface area contributed by atoms with Crippen molar-refractivity contribution in [1.82, 2.24) is 4.57 Å². The number of aromatic nitrogens is 1. The first-order chi connectivity index (χ1) is 11.4. The molecule has 3 rings (SSSR count). The lowest BCUT2D eigenvalue weighted by atomic mass is 10.1. The third-order valence-corrected chi connectivity index (χ3v) is 4.33. The Bertz CT molecular complexity index is 979. The molecule has 2 aromatic carbocycles. The number of rotatable bonds is 4. The molecule has 24 heavy (non-hydrogen) atoms. The summed E-state index contributed by atoms with van der Waals surface area (Å²) in [5, 5.41) is 12.4. The number of nitrogens with zero attached hydrogens (tertiary/aromatic N) is 2. The number of hydrogen-bond donors (Lipinski definition) is 0. The van der Waals surface area contributed by atoms with Gasteiger partial charge in [-0.3, -0.25) is 14.9 Å². The minimum absolute atomic E-state index is 0.000827. The molecule has 0 bridgehead atoms. The van der Waals surface area contributed by atoms with Crippen LogP contribution in [0.1, 0.15) is 23.7 Å². The molecular weight excluding hydrogens is 351 g/mol. The van der Waals surface area contributed by atoms with Crippen LogP contribution >= 0.6 is 23.2 Å². The van der Waals surface area contributed by atoms with E-state index in [2.05, 4.69) is 0 Å². The fourth-order valence-corrected chi connectivity index (χ4v) is 3.05. The molecule has 0 saturated heterocycles. The second-order valence-corrected chi connectivity index (χ2v) is 6.09. The first kappa shape index (κ1) is 16.5. The number of halogens is 2. The van der Waals surface area contributed by atoms with Crippen molar-refractivity contribution in [2.75, 3.05) is 0 Å². The van der Waals surface area contributed by atoms with E-state index in [0.717, 1.165) is 10.9 Å². The molecule has 0 atom stereocenters. The number of fused-ring (bicyclic) bond motifs is 1. The number of Topliss-reactive ketones (excluding diaryl/α,β-unsaturated/α-hetero) is 1. The molecule has 0 N–H and O–H groups in total. The lowest BCUT2D eigenvalue weighted by Crippen LogP contribution is -1.97. The molecule has 0 aliphatic heterocycles. The second-order valence-electron chi connectivity index (χ2n) is 5.24. The van der Waals surface area contributed by atoms with Crippen molar-refractivity contribution >= 4 is 45.6 Å². The SMILES string of the molecule is CCC(=O)c1cn(-c2ccc([N+](=O)[O-])cc2Cl)c2cc(Cl)ccc12. The van der Waals surface area contributed by atoms with Gasteiger partial charge in [0.05, 0.1) is 21.2 Å². The van der Waals surface area contributed by atoms with Gasteiger partial charge in [-0.05, 0) is 18.2 Å². The van der Waals surface area contributed by atoms with Gasteiger partial charge in [0.2, 0.25) is 0 Å². The van der Waals surface area contributed by atoms with Gasteiger partial charge in [-0.2, -0.15) is 0 Å². The van der Waals surface area contributed by atoms with Gasteiger partial charge in [-0.15, -0.1) is 0 Å². The molecule has 0 spiro atoms. The molecule has 0 fully saturated rings. The van der Waals surface area contributed by atoms with Gasteiger partial charge in [0.15, 0.2) is 5.78 Å². The molecule has 3 aromatic rings. The maximum Gasteiger partial charge on any atom is 0.271 e. The Hall–Kier alpha value is -2.37. The van der Waals surface area contributed by atoms with E-state index in [1.165, 1.54) is 12.1 Å². The van der Waals surface area contributed by atoms with Crippen LogP contribution in [0.25, 0.3) is 16.6 Å². The standard InChI is InChI=1S/C17H12Cl2N2O3/c1-2-17(22)13-9-20(16-7-10(18)3-5-12(13)16)15-6-4-11(21(23)24)8-14(15)19/h3-9H,2H2,1H3. The van der Waals surface area contributed by atoms with Crippen LogP contribution in [0.2, 0.25) is 10.0 Å². The van der Waals surface area contributed by atoms with E-state index >= 15 is 0 Å². The summed E-state index contributed by atoms with van der Waals surface area (Å²) in [5.74, 6) is -0.000827. The minimum Gasteiger partial charge on any atom is -0.314 e. The number of nitro benzene ring substituents is 1. The maximum absolute atomic E-state index is 12.2. The Labute approximate surface area is 147 Å². The summed E-state index contributed by atoms with van der Waals surface area (Å²) in [4.78, 5) is 22.6. The normalized spacial score (nSPS) is 11.0. The van der Waals surface area contributed by atoms with Crippen LogP contribution in [0.3, 0.4) is 0 Å². The number of nitro groups is 1. The van der Waals surface area contributed by atoms with Crippen molar-refractivity contribution in [2.24, 2.45) is 0 Å². The van der Waals surface area contributed by atoms with Crippen LogP contribution in [-0.4, -0.2) is 15.3 Å². The summed E-state index contributed by atoms with van der Waals surface area (Å²) < 4.78 is 1.73. The van der Waals surface area contributed by atoms with Gasteiger partial charge in [-0.25, -0.2) is 0 Å². The van der Waals surface area contributed by atoms with E-state index in [1.54, 1.807) is 42.0 Å². The highest BCUT2D eigenvalue weighted by atomic mass is 35.5. The zero-order valence-corrected chi connectivity index (χ0v) is 14.1. The van der Waals surface area contributed by atoms with E-state index in [0.29, 0.717) is 22.7 Å². The Morgan fingerprint density at radius 2 is 1.96 bits per heavy atom. The third-order valence-electron chi connectivity index (χ3n) is 3.79. The Balaban J connectivity index is 2.28. The number of non-ortho nitro benzene ring substituents is 1. The zero-order valence-electron chi connectivity index (χ0n) is 12.6. The van der Waals surface area contributed by atoms with Gasteiger partial charge < -0.3 is 4.57 Å². The Kier molecular flexibility index (Phi) is 4.30. The predicted molar refractivity (Wildman–Crippen MR) is 94.6 cm³/mol. The van der Waals surface area contributed by atoms with Gasteiger partial charge in [-0.1, -0.05) is 36.2 Å². The number of carbonyl (C=O) groups excluding carboxylic acids is 1. The summed E-state index contributed by atoms with van der Waals surface area (Å²) in [6, 6.07) is 9.46. The van der Waals surface area contributed by atoms with Crippen molar-refractivity contribution in [3.05, 3.63) is 68.3 Å². The van der Waals surface area contributed by atoms with Crippen molar-refractivity contribution in [3.63, 3.8) is 0 Å². The lowest BCUT2D eigenvalue weighted by molar-refractivity contribution is -0.384. The van der Waals surface area contributed by atoms with Crippen LogP contribution in [0.15, 0.2) is 42.6 Å². The molecule has 0 radical (unpaired) electrons. The first-order valence-electron chi connectivity index (χ1n) is 7.20. The van der Waals surface area contributed by atoms with Gasteiger partial charge in [0.1, 0.15) is 0 Å². The largest absolute Gasteiger partial charge is 0.314 e. The molecule has 122 valence electrons. The quantitative estimate of drug-likeness (QED) is 0.352. The van der Waals surface area contributed by atoms with Crippen molar-refractivity contribution < 1.29 is 9.72 Å². The van der Waals surface area contributed by atoms with E-state index in [4.69, 9.17) is 23.2 Å². The van der Waals surface area contributed by atoms with Crippen LogP contribution in [0, 0.1) is 10.1 Å².